The number of pyridine rings is 1. The van der Waals surface area contributed by atoms with E-state index in [0.717, 1.165) is 53.4 Å². The molecule has 6 rings (SSSR count). The van der Waals surface area contributed by atoms with Gasteiger partial charge in [-0.05, 0) is 79.6 Å². The molecule has 0 spiro atoms. The van der Waals surface area contributed by atoms with Gasteiger partial charge in [0.15, 0.2) is 0 Å². The normalized spacial score (nSPS) is 14.3. The average Bonchev–Trinajstić information content (AvgIpc) is 3.27. The van der Waals surface area contributed by atoms with Crippen molar-refractivity contribution in [3.8, 4) is 22.5 Å². The minimum Gasteiger partial charge on any atom is -0.478 e. The Kier molecular flexibility index (Phi) is 6.68. The number of carboxylic acids is 1. The van der Waals surface area contributed by atoms with Gasteiger partial charge in [0.25, 0.3) is 0 Å². The Morgan fingerprint density at radius 2 is 1.74 bits per heavy atom. The number of aryl methyl sites for hydroxylation is 2. The van der Waals surface area contributed by atoms with Crippen LogP contribution < -0.4 is 0 Å². The second-order valence-corrected chi connectivity index (χ2v) is 10.8. The van der Waals surface area contributed by atoms with E-state index in [4.69, 9.17) is 4.98 Å². The van der Waals surface area contributed by atoms with Crippen LogP contribution in [0.25, 0.3) is 44.3 Å². The van der Waals surface area contributed by atoms with Gasteiger partial charge in [-0.1, -0.05) is 56.5 Å². The highest BCUT2D eigenvalue weighted by Crippen LogP contribution is 2.46. The Bertz CT molecular complexity index is 1710. The van der Waals surface area contributed by atoms with Crippen LogP contribution >= 0.6 is 0 Å². The first kappa shape index (κ1) is 25.3. The average molecular weight is 521 g/mol. The second-order valence-electron chi connectivity index (χ2n) is 10.8. The smallest absolute Gasteiger partial charge is 0.335 e. The second kappa shape index (κ2) is 10.3. The molecule has 0 aliphatic heterocycles. The molecule has 198 valence electrons. The molecule has 1 aliphatic carbocycles. The van der Waals surface area contributed by atoms with Crippen molar-refractivity contribution in [3.05, 3.63) is 89.2 Å². The van der Waals surface area contributed by atoms with Crippen LogP contribution in [0.1, 0.15) is 72.9 Å². The van der Waals surface area contributed by atoms with Gasteiger partial charge in [-0.2, -0.15) is 0 Å². The topological polar surface area (TPSA) is 55.1 Å². The molecule has 1 aliphatic rings. The number of fused-ring (bicyclic) bond motifs is 2. The first-order valence-electron chi connectivity index (χ1n) is 14.0. The number of aromatic nitrogens is 2. The quantitative estimate of drug-likeness (QED) is 0.243. The summed E-state index contributed by atoms with van der Waals surface area (Å²) in [6.45, 7) is 5.12. The SMILES string of the molecule is CCCn1c(-c2ccc3nc(-c4ccccc4F)ccc3c2C)c(C2CCCCC2)c2ccc(C(=O)O)cc21. The monoisotopic (exact) mass is 520 g/mol. The van der Waals surface area contributed by atoms with E-state index in [1.165, 1.54) is 42.0 Å². The summed E-state index contributed by atoms with van der Waals surface area (Å²) in [5, 5.41) is 12.0. The Balaban J connectivity index is 1.59. The van der Waals surface area contributed by atoms with Crippen LogP contribution in [-0.4, -0.2) is 20.6 Å². The lowest BCUT2D eigenvalue weighted by Gasteiger charge is -2.24. The standard InChI is InChI=1S/C34H33FN2O2/c1-3-19-37-31-20-23(34(38)39)13-14-27(31)32(22-9-5-4-6-10-22)33(37)25-16-18-29-24(21(25)2)15-17-30(36-29)26-11-7-8-12-28(26)35/h7-8,11-18,20,22H,3-6,9-10,19H2,1-2H3,(H,38,39). The third-order valence-electron chi connectivity index (χ3n) is 8.36. The van der Waals surface area contributed by atoms with E-state index in [1.807, 2.05) is 30.3 Å². The molecule has 1 N–H and O–H groups in total. The Hall–Kier alpha value is -3.99. The summed E-state index contributed by atoms with van der Waals surface area (Å²) in [6.07, 6.45) is 6.96. The van der Waals surface area contributed by atoms with Crippen molar-refractivity contribution in [2.45, 2.75) is 64.8 Å². The molecule has 39 heavy (non-hydrogen) atoms. The number of hydrogen-bond acceptors (Lipinski definition) is 2. The molecular weight excluding hydrogens is 487 g/mol. The molecule has 3 aromatic carbocycles. The largest absolute Gasteiger partial charge is 0.478 e. The first-order chi connectivity index (χ1) is 19.0. The van der Waals surface area contributed by atoms with Crippen LogP contribution in [0, 0.1) is 12.7 Å². The lowest BCUT2D eigenvalue weighted by atomic mass is 9.81. The molecule has 5 heteroatoms. The van der Waals surface area contributed by atoms with Crippen molar-refractivity contribution in [2.75, 3.05) is 0 Å². The third kappa shape index (κ3) is 4.40. The highest BCUT2D eigenvalue weighted by molar-refractivity contribution is 6.00. The van der Waals surface area contributed by atoms with Gasteiger partial charge in [-0.3, -0.25) is 0 Å². The Morgan fingerprint density at radius 1 is 0.974 bits per heavy atom. The predicted octanol–water partition coefficient (Wildman–Crippen LogP) is 9.13. The molecule has 0 bridgehead atoms. The zero-order valence-electron chi connectivity index (χ0n) is 22.5. The van der Waals surface area contributed by atoms with E-state index in [-0.39, 0.29) is 5.82 Å². The number of nitrogens with zero attached hydrogens (tertiary/aromatic N) is 2. The van der Waals surface area contributed by atoms with Crippen LogP contribution in [0.2, 0.25) is 0 Å². The van der Waals surface area contributed by atoms with Crippen molar-refractivity contribution in [2.24, 2.45) is 0 Å². The molecule has 2 aromatic heterocycles. The summed E-state index contributed by atoms with van der Waals surface area (Å²) >= 11 is 0. The molecule has 0 amide bonds. The highest BCUT2D eigenvalue weighted by Gasteiger charge is 2.28. The highest BCUT2D eigenvalue weighted by atomic mass is 19.1. The van der Waals surface area contributed by atoms with E-state index in [2.05, 4.69) is 30.5 Å². The van der Waals surface area contributed by atoms with Crippen LogP contribution in [0.15, 0.2) is 66.7 Å². The molecule has 4 nitrogen and oxygen atoms in total. The molecule has 0 saturated heterocycles. The van der Waals surface area contributed by atoms with Gasteiger partial charge in [-0.15, -0.1) is 0 Å². The van der Waals surface area contributed by atoms with E-state index >= 15 is 0 Å². The van der Waals surface area contributed by atoms with Crippen molar-refractivity contribution >= 4 is 27.8 Å². The number of rotatable bonds is 6. The summed E-state index contributed by atoms with van der Waals surface area (Å²) in [6, 6.07) is 20.5. The summed E-state index contributed by atoms with van der Waals surface area (Å²) in [5.41, 5.74) is 8.13. The molecular formula is C34H33FN2O2. The van der Waals surface area contributed by atoms with Crippen LogP contribution in [-0.2, 0) is 6.54 Å². The number of hydrogen-bond donors (Lipinski definition) is 1. The molecule has 0 radical (unpaired) electrons. The maximum atomic E-state index is 14.5. The molecule has 2 heterocycles. The number of benzene rings is 3. The lowest BCUT2D eigenvalue weighted by Crippen LogP contribution is -2.08. The van der Waals surface area contributed by atoms with Gasteiger partial charge < -0.3 is 9.67 Å². The summed E-state index contributed by atoms with van der Waals surface area (Å²) in [7, 11) is 0. The van der Waals surface area contributed by atoms with Crippen molar-refractivity contribution in [1.82, 2.24) is 9.55 Å². The van der Waals surface area contributed by atoms with Crippen LogP contribution in [0.4, 0.5) is 4.39 Å². The zero-order chi connectivity index (χ0) is 27.1. The Labute approximate surface area is 228 Å². The van der Waals surface area contributed by atoms with Crippen molar-refractivity contribution in [3.63, 3.8) is 0 Å². The lowest BCUT2D eigenvalue weighted by molar-refractivity contribution is 0.0697. The van der Waals surface area contributed by atoms with E-state index in [0.29, 0.717) is 22.7 Å². The number of halogens is 1. The summed E-state index contributed by atoms with van der Waals surface area (Å²) in [4.78, 5) is 16.7. The maximum Gasteiger partial charge on any atom is 0.335 e. The minimum atomic E-state index is -0.902. The fraction of sp³-hybridized carbons (Fsp3) is 0.294. The van der Waals surface area contributed by atoms with Crippen LogP contribution in [0.5, 0.6) is 0 Å². The number of carboxylic acid groups (broad SMARTS) is 1. The third-order valence-corrected chi connectivity index (χ3v) is 8.36. The number of carbonyl (C=O) groups is 1. The van der Waals surface area contributed by atoms with Gasteiger partial charge in [0.1, 0.15) is 5.82 Å². The predicted molar refractivity (Wildman–Crippen MR) is 156 cm³/mol. The van der Waals surface area contributed by atoms with Gasteiger partial charge in [0.2, 0.25) is 0 Å². The van der Waals surface area contributed by atoms with E-state index in [1.54, 1.807) is 18.2 Å². The van der Waals surface area contributed by atoms with Gasteiger partial charge >= 0.3 is 5.97 Å². The molecule has 0 unspecified atom stereocenters. The van der Waals surface area contributed by atoms with Crippen LogP contribution in [0.3, 0.4) is 0 Å². The Morgan fingerprint density at radius 3 is 2.49 bits per heavy atom. The first-order valence-corrected chi connectivity index (χ1v) is 14.0. The number of aromatic carboxylic acids is 1. The maximum absolute atomic E-state index is 14.5. The molecule has 0 atom stereocenters. The molecule has 5 aromatic rings. The van der Waals surface area contributed by atoms with E-state index < -0.39 is 5.97 Å². The van der Waals surface area contributed by atoms with Crippen molar-refractivity contribution in [1.29, 1.82) is 0 Å². The summed E-state index contributed by atoms with van der Waals surface area (Å²) in [5.74, 6) is -0.734. The fourth-order valence-electron chi connectivity index (χ4n) is 6.49. The van der Waals surface area contributed by atoms with Gasteiger partial charge in [0.05, 0.1) is 22.5 Å². The summed E-state index contributed by atoms with van der Waals surface area (Å²) < 4.78 is 16.8. The van der Waals surface area contributed by atoms with Crippen molar-refractivity contribution < 1.29 is 14.3 Å². The van der Waals surface area contributed by atoms with E-state index in [9.17, 15) is 14.3 Å². The zero-order valence-corrected chi connectivity index (χ0v) is 22.5. The molecule has 1 saturated carbocycles. The fourth-order valence-corrected chi connectivity index (χ4v) is 6.49. The van der Waals surface area contributed by atoms with Gasteiger partial charge in [0, 0.05) is 34.0 Å². The minimum absolute atomic E-state index is 0.278. The van der Waals surface area contributed by atoms with Gasteiger partial charge in [-0.25, -0.2) is 14.2 Å². The molecule has 1 fully saturated rings.